The Bertz CT molecular complexity index is 1850. The van der Waals surface area contributed by atoms with E-state index in [1.807, 2.05) is 0 Å². The second-order valence-corrected chi connectivity index (χ2v) is 14.9. The molecular weight excluding hydrogens is 912 g/mol. The molecule has 27 heteroatoms. The van der Waals surface area contributed by atoms with Gasteiger partial charge in [0.05, 0.1) is 0 Å². The molecule has 0 spiro atoms. The van der Waals surface area contributed by atoms with Crippen molar-refractivity contribution in [1.82, 2.24) is 0 Å². The predicted molar refractivity (Wildman–Crippen MR) is 206 cm³/mol. The van der Waals surface area contributed by atoms with Crippen molar-refractivity contribution in [3.8, 4) is 0 Å². The van der Waals surface area contributed by atoms with E-state index in [4.69, 9.17) is 75.8 Å². The molecule has 3 aliphatic heterocycles. The van der Waals surface area contributed by atoms with Crippen molar-refractivity contribution < 1.29 is 129 Å². The molecule has 3 saturated heterocycles. The van der Waals surface area contributed by atoms with E-state index >= 15 is 0 Å². The molecular formula is C40H54O27. The summed E-state index contributed by atoms with van der Waals surface area (Å²) >= 11 is 0. The van der Waals surface area contributed by atoms with Gasteiger partial charge in [0.15, 0.2) is 55.1 Å². The Hall–Kier alpha value is -6.03. The van der Waals surface area contributed by atoms with Crippen LogP contribution in [0.4, 0.5) is 0 Å². The van der Waals surface area contributed by atoms with E-state index in [0.717, 1.165) is 76.2 Å². The van der Waals surface area contributed by atoms with Crippen molar-refractivity contribution in [1.29, 1.82) is 0 Å². The molecule has 0 radical (unpaired) electrons. The fraction of sp³-hybridized carbons (Fsp3) is 0.725. The van der Waals surface area contributed by atoms with Gasteiger partial charge in [-0.3, -0.25) is 52.7 Å². The van der Waals surface area contributed by atoms with Crippen LogP contribution in [0.3, 0.4) is 0 Å². The maximum Gasteiger partial charge on any atom is 0.303 e. The van der Waals surface area contributed by atoms with Gasteiger partial charge in [0.2, 0.25) is 12.6 Å². The molecule has 3 aliphatic rings. The highest BCUT2D eigenvalue weighted by atomic mass is 16.8. The SMILES string of the molecule is CC(=O)OC[C@H]1O[C@@H](O[C@@H]2O[C@H](COC(C)=O)[C@@H](O[C@@H]3O[C@H](COC(C)=O)[C@H](OC(C)=O)[C@H](OC(C)=O)[C@H]3OC(C)=O)[C@H](OC(C)=O)[C@H]2OC(C)=O)[C@H](OC(C)=O)[C@@H](OC(C)=O)[C@H]1OC(C)=O. The van der Waals surface area contributed by atoms with Gasteiger partial charge in [-0.1, -0.05) is 0 Å². The maximum absolute atomic E-state index is 12.9. The van der Waals surface area contributed by atoms with E-state index < -0.39 is 178 Å². The molecule has 0 aliphatic carbocycles. The number of ether oxygens (including phenoxy) is 16. The summed E-state index contributed by atoms with van der Waals surface area (Å²) in [6.45, 7) is 8.60. The third-order valence-corrected chi connectivity index (χ3v) is 9.10. The molecule has 0 aromatic carbocycles. The monoisotopic (exact) mass is 966 g/mol. The lowest BCUT2D eigenvalue weighted by molar-refractivity contribution is -0.392. The average Bonchev–Trinajstić information content (AvgIpc) is 3.17. The fourth-order valence-corrected chi connectivity index (χ4v) is 7.01. The number of esters is 11. The highest BCUT2D eigenvalue weighted by molar-refractivity contribution is 5.70. The van der Waals surface area contributed by atoms with Crippen LogP contribution in [0, 0.1) is 0 Å². The lowest BCUT2D eigenvalue weighted by atomic mass is 9.95. The highest BCUT2D eigenvalue weighted by Crippen LogP contribution is 2.38. The van der Waals surface area contributed by atoms with E-state index in [2.05, 4.69) is 0 Å². The van der Waals surface area contributed by atoms with Crippen molar-refractivity contribution >= 4 is 65.7 Å². The summed E-state index contributed by atoms with van der Waals surface area (Å²) in [7, 11) is 0. The third kappa shape index (κ3) is 17.0. The van der Waals surface area contributed by atoms with Gasteiger partial charge in [-0.2, -0.15) is 0 Å². The van der Waals surface area contributed by atoms with Crippen molar-refractivity contribution in [2.45, 2.75) is 168 Å². The highest BCUT2D eigenvalue weighted by Gasteiger charge is 2.60. The van der Waals surface area contributed by atoms with Gasteiger partial charge >= 0.3 is 65.7 Å². The van der Waals surface area contributed by atoms with Crippen LogP contribution in [0.2, 0.25) is 0 Å². The number of hydrogen-bond donors (Lipinski definition) is 0. The summed E-state index contributed by atoms with van der Waals surface area (Å²) in [5.41, 5.74) is 0. The molecule has 15 atom stereocenters. The van der Waals surface area contributed by atoms with E-state index in [9.17, 15) is 52.7 Å². The summed E-state index contributed by atoms with van der Waals surface area (Å²) in [5, 5.41) is 0. The first-order valence-corrected chi connectivity index (χ1v) is 20.3. The van der Waals surface area contributed by atoms with Crippen LogP contribution in [0.1, 0.15) is 76.2 Å². The smallest absolute Gasteiger partial charge is 0.303 e. The molecule has 0 unspecified atom stereocenters. The molecule has 0 aromatic heterocycles. The third-order valence-electron chi connectivity index (χ3n) is 9.10. The Labute approximate surface area is 382 Å². The summed E-state index contributed by atoms with van der Waals surface area (Å²) in [6.07, 6.45) is -27.3. The molecule has 3 fully saturated rings. The van der Waals surface area contributed by atoms with E-state index in [1.165, 1.54) is 0 Å². The predicted octanol–water partition coefficient (Wildman–Crippen LogP) is -1.29. The van der Waals surface area contributed by atoms with Crippen LogP contribution < -0.4 is 0 Å². The number of carbonyl (C=O) groups excluding carboxylic acids is 11. The van der Waals surface area contributed by atoms with Crippen LogP contribution in [-0.4, -0.2) is 178 Å². The van der Waals surface area contributed by atoms with Gasteiger partial charge < -0.3 is 75.8 Å². The van der Waals surface area contributed by atoms with Gasteiger partial charge in [-0.15, -0.1) is 0 Å². The van der Waals surface area contributed by atoms with Gasteiger partial charge in [-0.25, -0.2) is 0 Å². The molecule has 3 heterocycles. The largest absolute Gasteiger partial charge is 0.463 e. The van der Waals surface area contributed by atoms with Crippen LogP contribution in [0.15, 0.2) is 0 Å². The Morgan fingerprint density at radius 2 is 0.478 bits per heavy atom. The molecule has 27 nitrogen and oxygen atoms in total. The minimum atomic E-state index is -2.07. The van der Waals surface area contributed by atoms with Crippen LogP contribution >= 0.6 is 0 Å². The maximum atomic E-state index is 12.9. The molecule has 0 N–H and O–H groups in total. The topological polar surface area (TPSA) is 335 Å². The van der Waals surface area contributed by atoms with Crippen molar-refractivity contribution in [2.75, 3.05) is 19.8 Å². The zero-order chi connectivity index (χ0) is 50.4. The first kappa shape index (κ1) is 55.3. The molecule has 3 rings (SSSR count). The first-order chi connectivity index (χ1) is 31.3. The zero-order valence-corrected chi connectivity index (χ0v) is 38.3. The lowest BCUT2D eigenvalue weighted by Gasteiger charge is -2.50. The molecule has 0 bridgehead atoms. The van der Waals surface area contributed by atoms with Crippen molar-refractivity contribution in [3.05, 3.63) is 0 Å². The Morgan fingerprint density at radius 3 is 0.731 bits per heavy atom. The Morgan fingerprint density at radius 1 is 0.269 bits per heavy atom. The summed E-state index contributed by atoms with van der Waals surface area (Å²) in [5.74, 6) is -10.6. The van der Waals surface area contributed by atoms with Crippen LogP contribution in [0.25, 0.3) is 0 Å². The Balaban J connectivity index is 2.28. The van der Waals surface area contributed by atoms with Crippen LogP contribution in [-0.2, 0) is 129 Å². The standard InChI is InChI=1S/C40H54O27/c1-15(41)52-12-26-29(55-18(4)44)32(57-20(6)46)35(60-23(9)49)38(63-26)66-31-28(14-54-17(3)43)65-40(37(62-25(11)51)34(31)59-22(8)48)67-39-36(61-24(10)50)33(58-21(7)47)30(56-19(5)45)27(64-39)13-53-16(2)42/h26-40H,12-14H2,1-11H3/t26-,27-,28-,29+,30+,31-,32+,33+,34+,35-,36-,37-,38+,39+,40+/m1/s1. The molecule has 67 heavy (non-hydrogen) atoms. The van der Waals surface area contributed by atoms with E-state index in [1.54, 1.807) is 0 Å². The average molecular weight is 967 g/mol. The van der Waals surface area contributed by atoms with Gasteiger partial charge in [-0.05, 0) is 0 Å². The summed E-state index contributed by atoms with van der Waals surface area (Å²) < 4.78 is 90.4. The first-order valence-electron chi connectivity index (χ1n) is 20.3. The van der Waals surface area contributed by atoms with Crippen LogP contribution in [0.5, 0.6) is 0 Å². The van der Waals surface area contributed by atoms with Crippen molar-refractivity contribution in [2.24, 2.45) is 0 Å². The lowest BCUT2D eigenvalue weighted by Crippen LogP contribution is -2.68. The summed E-state index contributed by atoms with van der Waals surface area (Å²) in [6, 6.07) is 0. The number of carbonyl (C=O) groups is 11. The van der Waals surface area contributed by atoms with E-state index in [-0.39, 0.29) is 0 Å². The Kier molecular flexibility index (Phi) is 20.8. The zero-order valence-electron chi connectivity index (χ0n) is 38.3. The molecule has 0 saturated carbocycles. The summed E-state index contributed by atoms with van der Waals surface area (Å²) in [4.78, 5) is 137. The van der Waals surface area contributed by atoms with Gasteiger partial charge in [0.1, 0.15) is 44.2 Å². The molecule has 0 amide bonds. The minimum absolute atomic E-state index is 0.687. The van der Waals surface area contributed by atoms with Gasteiger partial charge in [0.25, 0.3) is 0 Å². The normalized spacial score (nSPS) is 31.2. The quantitative estimate of drug-likeness (QED) is 0.114. The van der Waals surface area contributed by atoms with E-state index in [0.29, 0.717) is 0 Å². The second-order valence-electron chi connectivity index (χ2n) is 14.9. The van der Waals surface area contributed by atoms with Gasteiger partial charge in [0, 0.05) is 76.2 Å². The van der Waals surface area contributed by atoms with Crippen molar-refractivity contribution in [3.63, 3.8) is 0 Å². The minimum Gasteiger partial charge on any atom is -0.463 e. The fourth-order valence-electron chi connectivity index (χ4n) is 7.01. The molecule has 0 aromatic rings. The second kappa shape index (κ2) is 25.2. The molecule has 376 valence electrons. The number of rotatable bonds is 18. The number of hydrogen-bond acceptors (Lipinski definition) is 27.